The number of thiazole rings is 1. The minimum absolute atomic E-state index is 0.0677. The summed E-state index contributed by atoms with van der Waals surface area (Å²) in [5.41, 5.74) is 0.963. The summed E-state index contributed by atoms with van der Waals surface area (Å²) in [7, 11) is 1.57. The lowest BCUT2D eigenvalue weighted by molar-refractivity contribution is -0.132. The van der Waals surface area contributed by atoms with Crippen molar-refractivity contribution in [2.45, 2.75) is 32.7 Å². The lowest BCUT2D eigenvalue weighted by Crippen LogP contribution is -2.29. The number of nitrogens with zero attached hydrogens (tertiary/aromatic N) is 2. The van der Waals surface area contributed by atoms with Crippen molar-refractivity contribution in [3.63, 3.8) is 0 Å². The summed E-state index contributed by atoms with van der Waals surface area (Å²) in [6.45, 7) is 4.39. The monoisotopic (exact) mass is 518 g/mol. The van der Waals surface area contributed by atoms with E-state index in [2.05, 4.69) is 11.9 Å². The fourth-order valence-corrected chi connectivity index (χ4v) is 5.27. The van der Waals surface area contributed by atoms with Gasteiger partial charge in [0.2, 0.25) is 0 Å². The third-order valence-corrected chi connectivity index (χ3v) is 7.16. The van der Waals surface area contributed by atoms with E-state index in [9.17, 15) is 14.7 Å². The maximum Gasteiger partial charge on any atom is 0.302 e. The maximum absolute atomic E-state index is 13.4. The van der Waals surface area contributed by atoms with Gasteiger partial charge in [-0.2, -0.15) is 0 Å². The molecule has 8 nitrogen and oxygen atoms in total. The molecule has 1 aliphatic heterocycles. The molecule has 9 heteroatoms. The van der Waals surface area contributed by atoms with E-state index in [0.29, 0.717) is 45.8 Å². The number of aromatic nitrogens is 1. The number of ether oxygens (including phenoxy) is 2. The molecule has 37 heavy (non-hydrogen) atoms. The predicted octanol–water partition coefficient (Wildman–Crippen LogP) is 6.01. The Labute approximate surface area is 217 Å². The van der Waals surface area contributed by atoms with Gasteiger partial charge < -0.3 is 19.0 Å². The zero-order chi connectivity index (χ0) is 26.1. The average Bonchev–Trinajstić information content (AvgIpc) is 3.59. The largest absolute Gasteiger partial charge is 0.507 e. The Morgan fingerprint density at radius 3 is 2.70 bits per heavy atom. The normalized spacial score (nSPS) is 17.1. The van der Waals surface area contributed by atoms with Crippen LogP contribution < -0.4 is 14.4 Å². The highest BCUT2D eigenvalue weighted by Gasteiger charge is 2.49. The van der Waals surface area contributed by atoms with Crippen LogP contribution in [0.4, 0.5) is 5.13 Å². The molecule has 1 aliphatic rings. The van der Waals surface area contributed by atoms with Gasteiger partial charge in [-0.1, -0.05) is 36.8 Å². The number of anilines is 1. The SMILES string of the molecule is CCCCOc1cccc(/C(O)=C2\C(=O)C(=O)N(c3nc4ccc(OC)cc4s3)C2c2ccc(C)o2)c1. The van der Waals surface area contributed by atoms with Crippen LogP contribution >= 0.6 is 11.3 Å². The Morgan fingerprint density at radius 1 is 1.14 bits per heavy atom. The molecule has 1 N–H and O–H groups in total. The molecule has 1 amide bonds. The third kappa shape index (κ3) is 4.58. The summed E-state index contributed by atoms with van der Waals surface area (Å²) in [4.78, 5) is 32.7. The number of furan rings is 1. The van der Waals surface area contributed by atoms with Crippen molar-refractivity contribution in [2.24, 2.45) is 0 Å². The van der Waals surface area contributed by atoms with E-state index in [4.69, 9.17) is 13.9 Å². The number of aliphatic hydroxyl groups excluding tert-OH is 1. The highest BCUT2D eigenvalue weighted by molar-refractivity contribution is 7.22. The molecular formula is C28H26N2O6S. The molecule has 3 heterocycles. The van der Waals surface area contributed by atoms with Crippen molar-refractivity contribution in [1.82, 2.24) is 4.98 Å². The molecule has 1 fully saturated rings. The first-order valence-electron chi connectivity index (χ1n) is 12.0. The number of benzene rings is 2. The van der Waals surface area contributed by atoms with Crippen LogP contribution in [0.25, 0.3) is 16.0 Å². The van der Waals surface area contributed by atoms with Crippen molar-refractivity contribution in [2.75, 3.05) is 18.6 Å². The van der Waals surface area contributed by atoms with E-state index in [1.165, 1.54) is 16.2 Å². The topological polar surface area (TPSA) is 102 Å². The van der Waals surface area contributed by atoms with E-state index in [1.54, 1.807) is 62.6 Å². The summed E-state index contributed by atoms with van der Waals surface area (Å²) < 4.78 is 17.7. The number of unbranched alkanes of at least 4 members (excludes halogenated alkanes) is 1. The fourth-order valence-electron chi connectivity index (χ4n) is 4.25. The third-order valence-electron chi connectivity index (χ3n) is 6.14. The van der Waals surface area contributed by atoms with E-state index < -0.39 is 17.7 Å². The van der Waals surface area contributed by atoms with E-state index in [-0.39, 0.29) is 11.3 Å². The second-order valence-electron chi connectivity index (χ2n) is 8.68. The summed E-state index contributed by atoms with van der Waals surface area (Å²) >= 11 is 1.25. The summed E-state index contributed by atoms with van der Waals surface area (Å²) in [6.07, 6.45) is 1.89. The van der Waals surface area contributed by atoms with E-state index in [0.717, 1.165) is 17.5 Å². The molecule has 5 rings (SSSR count). The Balaban J connectivity index is 1.62. The quantitative estimate of drug-likeness (QED) is 0.132. The Bertz CT molecular complexity index is 1520. The van der Waals surface area contributed by atoms with Crippen molar-refractivity contribution >= 4 is 44.1 Å². The average molecular weight is 519 g/mol. The van der Waals surface area contributed by atoms with Crippen LogP contribution in [0.3, 0.4) is 0 Å². The Morgan fingerprint density at radius 2 is 1.97 bits per heavy atom. The number of carbonyl (C=O) groups is 2. The minimum atomic E-state index is -0.985. The van der Waals surface area contributed by atoms with Gasteiger partial charge in [-0.05, 0) is 55.8 Å². The van der Waals surface area contributed by atoms with E-state index >= 15 is 0 Å². The van der Waals surface area contributed by atoms with Gasteiger partial charge in [0, 0.05) is 5.56 Å². The number of fused-ring (bicyclic) bond motifs is 1. The number of hydrogen-bond acceptors (Lipinski definition) is 8. The number of aliphatic hydroxyl groups is 1. The molecule has 190 valence electrons. The van der Waals surface area contributed by atoms with Gasteiger partial charge in [0.05, 0.1) is 29.5 Å². The zero-order valence-electron chi connectivity index (χ0n) is 20.7. The summed E-state index contributed by atoms with van der Waals surface area (Å²) in [5.74, 6) is 0.281. The van der Waals surface area contributed by atoms with Crippen LogP contribution in [0.2, 0.25) is 0 Å². The van der Waals surface area contributed by atoms with Crippen LogP contribution in [-0.2, 0) is 9.59 Å². The predicted molar refractivity (Wildman–Crippen MR) is 141 cm³/mol. The fraction of sp³-hybridized carbons (Fsp3) is 0.250. The summed E-state index contributed by atoms with van der Waals surface area (Å²) in [6, 6.07) is 14.7. The molecule has 1 saturated heterocycles. The molecule has 0 saturated carbocycles. The van der Waals surface area contributed by atoms with Gasteiger partial charge in [-0.25, -0.2) is 4.98 Å². The molecule has 1 atom stereocenters. The lowest BCUT2D eigenvalue weighted by atomic mass is 9.99. The molecular weight excluding hydrogens is 492 g/mol. The number of Topliss-reactive ketones (excluding diaryl/α,β-unsaturated/α-hetero) is 1. The number of rotatable bonds is 8. The van der Waals surface area contributed by atoms with Crippen LogP contribution in [-0.4, -0.2) is 35.5 Å². The second kappa shape index (κ2) is 10.1. The number of aryl methyl sites for hydroxylation is 1. The molecule has 2 aromatic carbocycles. The molecule has 1 unspecified atom stereocenters. The van der Waals surface area contributed by atoms with Crippen LogP contribution in [0.5, 0.6) is 11.5 Å². The van der Waals surface area contributed by atoms with Crippen LogP contribution in [0, 0.1) is 6.92 Å². The molecule has 0 aliphatic carbocycles. The number of methoxy groups -OCH3 is 1. The number of amides is 1. The first-order chi connectivity index (χ1) is 17.9. The van der Waals surface area contributed by atoms with Crippen LogP contribution in [0.15, 0.2) is 64.6 Å². The smallest absolute Gasteiger partial charge is 0.302 e. The standard InChI is InChI=1S/C28H26N2O6S/c1-4-5-13-35-19-8-6-7-17(14-19)25(31)23-24(21-12-9-16(2)36-21)30(27(33)26(23)32)28-29-20-11-10-18(34-3)15-22(20)37-28/h6-12,14-15,24,31H,4-5,13H2,1-3H3/b25-23+. The van der Waals surface area contributed by atoms with Gasteiger partial charge in [0.15, 0.2) is 5.13 Å². The van der Waals surface area contributed by atoms with Crippen molar-refractivity contribution in [1.29, 1.82) is 0 Å². The molecule has 0 bridgehead atoms. The number of ketones is 1. The zero-order valence-corrected chi connectivity index (χ0v) is 21.5. The number of hydrogen-bond donors (Lipinski definition) is 1. The van der Waals surface area contributed by atoms with Crippen LogP contribution in [0.1, 0.15) is 42.9 Å². The highest BCUT2D eigenvalue weighted by Crippen LogP contribution is 2.45. The minimum Gasteiger partial charge on any atom is -0.507 e. The second-order valence-corrected chi connectivity index (χ2v) is 9.69. The first kappa shape index (κ1) is 24.6. The first-order valence-corrected chi connectivity index (χ1v) is 12.8. The van der Waals surface area contributed by atoms with Gasteiger partial charge in [-0.3, -0.25) is 14.5 Å². The summed E-state index contributed by atoms with van der Waals surface area (Å²) in [5, 5.41) is 11.7. The van der Waals surface area contributed by atoms with Crippen molar-refractivity contribution in [3.05, 3.63) is 77.3 Å². The maximum atomic E-state index is 13.4. The van der Waals surface area contributed by atoms with E-state index in [1.807, 2.05) is 6.07 Å². The highest BCUT2D eigenvalue weighted by atomic mass is 32.1. The molecule has 2 aromatic heterocycles. The van der Waals surface area contributed by atoms with Gasteiger partial charge >= 0.3 is 5.91 Å². The molecule has 4 aromatic rings. The van der Waals surface area contributed by atoms with Gasteiger partial charge in [-0.15, -0.1) is 0 Å². The molecule has 0 spiro atoms. The van der Waals surface area contributed by atoms with Gasteiger partial charge in [0.1, 0.15) is 34.8 Å². The number of carbonyl (C=O) groups excluding carboxylic acids is 2. The van der Waals surface area contributed by atoms with Crippen molar-refractivity contribution in [3.8, 4) is 11.5 Å². The Kier molecular flexibility index (Phi) is 6.71. The van der Waals surface area contributed by atoms with Crippen molar-refractivity contribution < 1.29 is 28.6 Å². The lowest BCUT2D eigenvalue weighted by Gasteiger charge is -2.20. The van der Waals surface area contributed by atoms with Gasteiger partial charge in [0.25, 0.3) is 5.78 Å². The molecule has 0 radical (unpaired) electrons. The Hall–Kier alpha value is -4.11.